The standard InChI is InChI=1S/C26H26N4O2S/c1-4-19-6-9-23(10-7-19)30-25(20-12-14-27-15-13-20)28-29-26(30)33-17-22-16-21(18(3)31)8-11-24(22)32-5-2/h6-16H,4-5,17H2,1-3H3. The highest BCUT2D eigenvalue weighted by Crippen LogP contribution is 2.32. The third-order valence-electron chi connectivity index (χ3n) is 5.30. The smallest absolute Gasteiger partial charge is 0.196 e. The van der Waals surface area contributed by atoms with E-state index in [9.17, 15) is 4.79 Å². The Labute approximate surface area is 198 Å². The first-order valence-electron chi connectivity index (χ1n) is 10.9. The second-order valence-corrected chi connectivity index (χ2v) is 8.44. The summed E-state index contributed by atoms with van der Waals surface area (Å²) in [5, 5.41) is 9.77. The van der Waals surface area contributed by atoms with Gasteiger partial charge in [-0.1, -0.05) is 30.8 Å². The van der Waals surface area contributed by atoms with Gasteiger partial charge in [0.25, 0.3) is 0 Å². The van der Waals surface area contributed by atoms with Crippen molar-refractivity contribution in [3.8, 4) is 22.8 Å². The van der Waals surface area contributed by atoms with Crippen LogP contribution in [-0.4, -0.2) is 32.1 Å². The third kappa shape index (κ3) is 5.14. The summed E-state index contributed by atoms with van der Waals surface area (Å²) >= 11 is 1.56. The lowest BCUT2D eigenvalue weighted by atomic mass is 10.1. The van der Waals surface area contributed by atoms with Gasteiger partial charge in [-0.05, 0) is 68.3 Å². The molecular weight excluding hydrogens is 432 g/mol. The van der Waals surface area contributed by atoms with Gasteiger partial charge < -0.3 is 4.74 Å². The summed E-state index contributed by atoms with van der Waals surface area (Å²) in [6.45, 7) is 6.23. The van der Waals surface area contributed by atoms with Gasteiger partial charge in [0.1, 0.15) is 5.75 Å². The van der Waals surface area contributed by atoms with Crippen LogP contribution in [0.1, 0.15) is 42.3 Å². The Morgan fingerprint density at radius 1 is 1.00 bits per heavy atom. The number of rotatable bonds is 9. The minimum Gasteiger partial charge on any atom is -0.494 e. The Kier molecular flexibility index (Phi) is 7.19. The van der Waals surface area contributed by atoms with Gasteiger partial charge in [0.05, 0.1) is 6.61 Å². The average molecular weight is 459 g/mol. The van der Waals surface area contributed by atoms with Crippen LogP contribution in [0, 0.1) is 0 Å². The van der Waals surface area contributed by atoms with Crippen molar-refractivity contribution in [3.05, 3.63) is 83.7 Å². The van der Waals surface area contributed by atoms with Crippen molar-refractivity contribution in [2.45, 2.75) is 38.1 Å². The number of carbonyl (C=O) groups is 1. The Morgan fingerprint density at radius 3 is 2.42 bits per heavy atom. The zero-order valence-corrected chi connectivity index (χ0v) is 19.8. The molecule has 0 atom stereocenters. The molecule has 0 amide bonds. The van der Waals surface area contributed by atoms with Crippen LogP contribution in [0.25, 0.3) is 17.1 Å². The van der Waals surface area contributed by atoms with E-state index in [2.05, 4.69) is 50.9 Å². The molecule has 0 unspecified atom stereocenters. The average Bonchev–Trinajstić information content (AvgIpc) is 3.28. The summed E-state index contributed by atoms with van der Waals surface area (Å²) in [6.07, 6.45) is 4.49. The number of carbonyl (C=O) groups excluding carboxylic acids is 1. The Hall–Kier alpha value is -3.45. The molecule has 0 saturated heterocycles. The van der Waals surface area contributed by atoms with Crippen molar-refractivity contribution in [2.75, 3.05) is 6.61 Å². The van der Waals surface area contributed by atoms with Crippen molar-refractivity contribution < 1.29 is 9.53 Å². The Morgan fingerprint density at radius 2 is 1.76 bits per heavy atom. The highest BCUT2D eigenvalue weighted by Gasteiger charge is 2.17. The van der Waals surface area contributed by atoms with E-state index in [1.807, 2.05) is 31.2 Å². The maximum atomic E-state index is 11.9. The molecule has 0 radical (unpaired) electrons. The first kappa shape index (κ1) is 22.7. The molecule has 2 aromatic carbocycles. The van der Waals surface area contributed by atoms with Gasteiger partial charge in [0, 0.05) is 40.5 Å². The van der Waals surface area contributed by atoms with Crippen LogP contribution in [0.2, 0.25) is 0 Å². The van der Waals surface area contributed by atoms with Crippen molar-refractivity contribution in [3.63, 3.8) is 0 Å². The Balaban J connectivity index is 1.72. The lowest BCUT2D eigenvalue weighted by molar-refractivity contribution is 0.101. The van der Waals surface area contributed by atoms with Gasteiger partial charge in [-0.2, -0.15) is 0 Å². The molecule has 0 aliphatic rings. The normalized spacial score (nSPS) is 10.9. The van der Waals surface area contributed by atoms with Crippen molar-refractivity contribution in [1.82, 2.24) is 19.7 Å². The fourth-order valence-electron chi connectivity index (χ4n) is 3.51. The van der Waals surface area contributed by atoms with Gasteiger partial charge in [0.2, 0.25) is 0 Å². The second kappa shape index (κ2) is 10.4. The maximum absolute atomic E-state index is 11.9. The zero-order valence-electron chi connectivity index (χ0n) is 19.0. The minimum absolute atomic E-state index is 0.0310. The first-order chi connectivity index (χ1) is 16.1. The SMILES string of the molecule is CCOc1ccc(C(C)=O)cc1CSc1nnc(-c2ccncc2)n1-c1ccc(CC)cc1. The number of hydrogen-bond acceptors (Lipinski definition) is 6. The number of aryl methyl sites for hydroxylation is 1. The minimum atomic E-state index is 0.0310. The Bertz CT molecular complexity index is 1240. The summed E-state index contributed by atoms with van der Waals surface area (Å²) < 4.78 is 7.86. The molecule has 33 heavy (non-hydrogen) atoms. The van der Waals surface area contributed by atoms with E-state index in [4.69, 9.17) is 4.74 Å². The molecule has 7 heteroatoms. The van der Waals surface area contributed by atoms with E-state index in [0.717, 1.165) is 40.0 Å². The number of benzene rings is 2. The van der Waals surface area contributed by atoms with E-state index < -0.39 is 0 Å². The van der Waals surface area contributed by atoms with E-state index in [-0.39, 0.29) is 5.78 Å². The lowest BCUT2D eigenvalue weighted by Crippen LogP contribution is -2.02. The molecule has 0 aliphatic heterocycles. The number of nitrogens with zero attached hydrogens (tertiary/aromatic N) is 4. The van der Waals surface area contributed by atoms with Gasteiger partial charge in [-0.25, -0.2) is 0 Å². The molecule has 0 saturated carbocycles. The zero-order chi connectivity index (χ0) is 23.2. The van der Waals surface area contributed by atoms with Crippen molar-refractivity contribution >= 4 is 17.5 Å². The molecule has 6 nitrogen and oxygen atoms in total. The van der Waals surface area contributed by atoms with Crippen LogP contribution in [-0.2, 0) is 12.2 Å². The predicted molar refractivity (Wildman–Crippen MR) is 131 cm³/mol. The molecule has 4 aromatic rings. The van der Waals surface area contributed by atoms with Gasteiger partial charge in [0.15, 0.2) is 16.8 Å². The first-order valence-corrected chi connectivity index (χ1v) is 11.9. The summed E-state index contributed by atoms with van der Waals surface area (Å²) in [4.78, 5) is 16.0. The monoisotopic (exact) mass is 458 g/mol. The number of pyridine rings is 1. The molecule has 0 aliphatic carbocycles. The second-order valence-electron chi connectivity index (χ2n) is 7.50. The molecule has 0 fully saturated rings. The van der Waals surface area contributed by atoms with Crippen molar-refractivity contribution in [1.29, 1.82) is 0 Å². The van der Waals surface area contributed by atoms with E-state index in [0.29, 0.717) is 17.9 Å². The van der Waals surface area contributed by atoms with Crippen LogP contribution in [0.5, 0.6) is 5.75 Å². The van der Waals surface area contributed by atoms with Crippen molar-refractivity contribution in [2.24, 2.45) is 0 Å². The molecule has 168 valence electrons. The summed E-state index contributed by atoms with van der Waals surface area (Å²) in [6, 6.07) is 17.9. The predicted octanol–water partition coefficient (Wildman–Crippen LogP) is 5.79. The molecule has 0 N–H and O–H groups in total. The van der Waals surface area contributed by atoms with Crippen LogP contribution < -0.4 is 4.74 Å². The fraction of sp³-hybridized carbons (Fsp3) is 0.231. The third-order valence-corrected chi connectivity index (χ3v) is 6.28. The number of thioether (sulfide) groups is 1. The molecule has 0 bridgehead atoms. The fourth-order valence-corrected chi connectivity index (χ4v) is 4.44. The quantitative estimate of drug-likeness (QED) is 0.234. The maximum Gasteiger partial charge on any atom is 0.196 e. The highest BCUT2D eigenvalue weighted by molar-refractivity contribution is 7.98. The number of ether oxygens (including phenoxy) is 1. The number of aromatic nitrogens is 4. The van der Waals surface area contributed by atoms with Crippen LogP contribution in [0.15, 0.2) is 72.1 Å². The van der Waals surface area contributed by atoms with Crippen LogP contribution >= 0.6 is 11.8 Å². The summed E-state index contributed by atoms with van der Waals surface area (Å²) in [5.41, 5.74) is 4.83. The van der Waals surface area contributed by atoms with E-state index >= 15 is 0 Å². The molecule has 4 rings (SSSR count). The topological polar surface area (TPSA) is 69.9 Å². The summed E-state index contributed by atoms with van der Waals surface area (Å²) in [5.74, 6) is 2.16. The number of ketones is 1. The van der Waals surface area contributed by atoms with Crippen LogP contribution in [0.4, 0.5) is 0 Å². The molecule has 0 spiro atoms. The van der Waals surface area contributed by atoms with Gasteiger partial charge >= 0.3 is 0 Å². The lowest BCUT2D eigenvalue weighted by Gasteiger charge is -2.13. The largest absolute Gasteiger partial charge is 0.494 e. The highest BCUT2D eigenvalue weighted by atomic mass is 32.2. The molecule has 2 aromatic heterocycles. The van der Waals surface area contributed by atoms with Crippen LogP contribution in [0.3, 0.4) is 0 Å². The van der Waals surface area contributed by atoms with Gasteiger partial charge in [-0.3, -0.25) is 14.3 Å². The van der Waals surface area contributed by atoms with E-state index in [1.165, 1.54) is 5.56 Å². The van der Waals surface area contributed by atoms with Gasteiger partial charge in [-0.15, -0.1) is 10.2 Å². The molecule has 2 heterocycles. The van der Waals surface area contributed by atoms with E-state index in [1.54, 1.807) is 37.1 Å². The summed E-state index contributed by atoms with van der Waals surface area (Å²) in [7, 11) is 0. The molecular formula is C26H26N4O2S. The number of hydrogen-bond donors (Lipinski definition) is 0. The number of Topliss-reactive ketones (excluding diaryl/α,β-unsaturated/α-hetero) is 1.